The standard InChI is InChI=1S/C21H22F2N6O6S/c22-13-2-1-11(15(23)6-13)8-29-4-3-16(28-29)19(31)14-7-25-10-26-21(14)27-17-5-12(18(30)20(17)32)9-35-36(24,33)34/h1-4,6-7,10,12,17-18,20,30,32H,5,8-9H2,(H2,24,33,34)(H,25,26,27)/t12-,17-,18-,20+/m1/s1. The van der Waals surface area contributed by atoms with Crippen molar-refractivity contribution in [3.63, 3.8) is 0 Å². The second-order valence-corrected chi connectivity index (χ2v) is 9.47. The lowest BCUT2D eigenvalue weighted by molar-refractivity contribution is 0.00778. The Labute approximate surface area is 204 Å². The molecule has 0 unspecified atom stereocenters. The van der Waals surface area contributed by atoms with E-state index < -0.39 is 58.5 Å². The van der Waals surface area contributed by atoms with Crippen LogP contribution in [-0.2, 0) is 21.0 Å². The molecule has 36 heavy (non-hydrogen) atoms. The molecule has 0 amide bonds. The molecular weight excluding hydrogens is 502 g/mol. The summed E-state index contributed by atoms with van der Waals surface area (Å²) in [5.74, 6) is -2.72. The molecule has 2 aromatic heterocycles. The Morgan fingerprint density at radius 3 is 2.75 bits per heavy atom. The third-order valence-electron chi connectivity index (χ3n) is 5.75. The number of benzene rings is 1. The Morgan fingerprint density at radius 2 is 2.03 bits per heavy atom. The van der Waals surface area contributed by atoms with E-state index in [2.05, 4.69) is 24.6 Å². The van der Waals surface area contributed by atoms with Crippen molar-refractivity contribution in [2.75, 3.05) is 11.9 Å². The minimum atomic E-state index is -4.22. The number of carbonyl (C=O) groups excluding carboxylic acids is 1. The highest BCUT2D eigenvalue weighted by molar-refractivity contribution is 7.84. The molecule has 15 heteroatoms. The Hall–Kier alpha value is -3.37. The zero-order chi connectivity index (χ0) is 26.0. The maximum Gasteiger partial charge on any atom is 0.333 e. The molecule has 1 aliphatic carbocycles. The average Bonchev–Trinajstić information content (AvgIpc) is 3.39. The second kappa shape index (κ2) is 10.3. The Balaban J connectivity index is 1.48. The Kier molecular flexibility index (Phi) is 7.37. The van der Waals surface area contributed by atoms with Crippen molar-refractivity contribution in [2.24, 2.45) is 11.1 Å². The van der Waals surface area contributed by atoms with Gasteiger partial charge in [0.05, 0.1) is 30.9 Å². The number of nitrogens with zero attached hydrogens (tertiary/aromatic N) is 4. The van der Waals surface area contributed by atoms with Gasteiger partial charge in [0.2, 0.25) is 5.78 Å². The summed E-state index contributed by atoms with van der Waals surface area (Å²) in [4.78, 5) is 21.0. The third-order valence-corrected chi connectivity index (χ3v) is 6.21. The number of aliphatic hydroxyl groups is 2. The molecule has 5 N–H and O–H groups in total. The van der Waals surface area contributed by atoms with E-state index in [-0.39, 0.29) is 35.6 Å². The number of carbonyl (C=O) groups is 1. The van der Waals surface area contributed by atoms with E-state index in [0.717, 1.165) is 12.1 Å². The van der Waals surface area contributed by atoms with Crippen molar-refractivity contribution in [3.05, 3.63) is 71.4 Å². The van der Waals surface area contributed by atoms with Gasteiger partial charge in [0.15, 0.2) is 0 Å². The minimum absolute atomic E-state index is 0.00167. The number of anilines is 1. The smallest absolute Gasteiger partial charge is 0.333 e. The predicted octanol–water partition coefficient (Wildman–Crippen LogP) is -0.0271. The zero-order valence-corrected chi connectivity index (χ0v) is 19.3. The SMILES string of the molecule is NS(=O)(=O)OC[C@H]1C[C@@H](Nc2ncncc2C(=O)c2ccn(Cc3ccc(F)cc3F)n2)[C@H](O)[C@@H]1O. The molecule has 0 aliphatic heterocycles. The largest absolute Gasteiger partial charge is 0.390 e. The van der Waals surface area contributed by atoms with Crippen LogP contribution in [0.2, 0.25) is 0 Å². The Bertz CT molecular complexity index is 1370. The van der Waals surface area contributed by atoms with Gasteiger partial charge in [-0.3, -0.25) is 13.7 Å². The molecule has 2 heterocycles. The van der Waals surface area contributed by atoms with Gasteiger partial charge in [0, 0.05) is 29.9 Å². The molecule has 0 radical (unpaired) electrons. The summed E-state index contributed by atoms with van der Waals surface area (Å²) in [5, 5.41) is 32.5. The van der Waals surface area contributed by atoms with Gasteiger partial charge in [-0.2, -0.15) is 13.5 Å². The summed E-state index contributed by atoms with van der Waals surface area (Å²) in [6.07, 6.45) is 1.34. The summed E-state index contributed by atoms with van der Waals surface area (Å²) in [5.41, 5.74) is 0.196. The predicted molar refractivity (Wildman–Crippen MR) is 120 cm³/mol. The quantitative estimate of drug-likeness (QED) is 0.277. The lowest BCUT2D eigenvalue weighted by Gasteiger charge is -2.19. The zero-order valence-electron chi connectivity index (χ0n) is 18.5. The van der Waals surface area contributed by atoms with Crippen molar-refractivity contribution in [1.29, 1.82) is 0 Å². The van der Waals surface area contributed by atoms with Crippen molar-refractivity contribution in [1.82, 2.24) is 19.7 Å². The van der Waals surface area contributed by atoms with E-state index in [1.807, 2.05) is 0 Å². The number of halogens is 2. The first-order valence-electron chi connectivity index (χ1n) is 10.6. The van der Waals surface area contributed by atoms with Crippen molar-refractivity contribution >= 4 is 21.9 Å². The number of ketones is 1. The fourth-order valence-electron chi connectivity index (χ4n) is 3.93. The fourth-order valence-corrected chi connectivity index (χ4v) is 4.30. The molecule has 0 saturated heterocycles. The lowest BCUT2D eigenvalue weighted by Crippen LogP contribution is -2.36. The number of hydrogen-bond donors (Lipinski definition) is 4. The molecule has 192 valence electrons. The molecule has 0 bridgehead atoms. The molecule has 1 aromatic carbocycles. The topological polar surface area (TPSA) is 183 Å². The molecule has 4 rings (SSSR count). The van der Waals surface area contributed by atoms with Crippen LogP contribution in [0.5, 0.6) is 0 Å². The molecule has 3 aromatic rings. The van der Waals surface area contributed by atoms with E-state index in [1.54, 1.807) is 0 Å². The molecule has 0 spiro atoms. The van der Waals surface area contributed by atoms with E-state index in [4.69, 9.17) is 5.14 Å². The van der Waals surface area contributed by atoms with Gasteiger partial charge in [-0.25, -0.2) is 23.9 Å². The van der Waals surface area contributed by atoms with E-state index in [1.165, 1.54) is 35.5 Å². The highest BCUT2D eigenvalue weighted by Gasteiger charge is 2.42. The lowest BCUT2D eigenvalue weighted by atomic mass is 10.1. The van der Waals surface area contributed by atoms with E-state index >= 15 is 0 Å². The maximum atomic E-state index is 14.0. The highest BCUT2D eigenvalue weighted by Crippen LogP contribution is 2.30. The summed E-state index contributed by atoms with van der Waals surface area (Å²) in [6, 6.07) is 3.77. The van der Waals surface area contributed by atoms with Crippen LogP contribution in [-0.4, -0.2) is 69.0 Å². The maximum absolute atomic E-state index is 14.0. The molecular formula is C21H22F2N6O6S. The minimum Gasteiger partial charge on any atom is -0.390 e. The number of rotatable bonds is 9. The fraction of sp³-hybridized carbons (Fsp3) is 0.333. The monoisotopic (exact) mass is 524 g/mol. The first-order valence-corrected chi connectivity index (χ1v) is 12.1. The van der Waals surface area contributed by atoms with Gasteiger partial charge in [0.25, 0.3) is 0 Å². The van der Waals surface area contributed by atoms with Gasteiger partial charge in [-0.15, -0.1) is 0 Å². The molecule has 4 atom stereocenters. The number of aliphatic hydroxyl groups excluding tert-OH is 2. The molecule has 1 aliphatic rings. The normalized spacial score (nSPS) is 22.0. The van der Waals surface area contributed by atoms with E-state index in [0.29, 0.717) is 0 Å². The van der Waals surface area contributed by atoms with Crippen LogP contribution >= 0.6 is 0 Å². The Morgan fingerprint density at radius 1 is 1.25 bits per heavy atom. The second-order valence-electron chi connectivity index (χ2n) is 8.25. The van der Waals surface area contributed by atoms with Crippen LogP contribution in [0.4, 0.5) is 14.6 Å². The molecule has 1 saturated carbocycles. The first kappa shape index (κ1) is 25.7. The number of nitrogens with one attached hydrogen (secondary N) is 1. The number of hydrogen-bond acceptors (Lipinski definition) is 10. The summed E-state index contributed by atoms with van der Waals surface area (Å²) in [6.45, 7) is -0.471. The van der Waals surface area contributed by atoms with Crippen molar-refractivity contribution in [2.45, 2.75) is 31.2 Å². The number of aromatic nitrogens is 4. The highest BCUT2D eigenvalue weighted by atomic mass is 32.2. The van der Waals surface area contributed by atoms with Crippen LogP contribution in [0.3, 0.4) is 0 Å². The molecule has 12 nitrogen and oxygen atoms in total. The number of nitrogens with two attached hydrogens (primary N) is 1. The summed E-state index contributed by atoms with van der Waals surface area (Å²) >= 11 is 0. The molecule has 1 fully saturated rings. The average molecular weight is 525 g/mol. The van der Waals surface area contributed by atoms with E-state index in [9.17, 15) is 32.2 Å². The summed E-state index contributed by atoms with van der Waals surface area (Å²) < 4.78 is 55.0. The van der Waals surface area contributed by atoms with Gasteiger partial charge >= 0.3 is 10.3 Å². The van der Waals surface area contributed by atoms with Crippen molar-refractivity contribution in [3.8, 4) is 0 Å². The van der Waals surface area contributed by atoms with Crippen LogP contribution < -0.4 is 10.5 Å². The van der Waals surface area contributed by atoms with Crippen LogP contribution in [0.25, 0.3) is 0 Å². The van der Waals surface area contributed by atoms with Gasteiger partial charge in [-0.05, 0) is 18.6 Å². The van der Waals surface area contributed by atoms with Crippen LogP contribution in [0, 0.1) is 17.6 Å². The van der Waals surface area contributed by atoms with Gasteiger partial charge in [-0.1, -0.05) is 6.07 Å². The van der Waals surface area contributed by atoms with Gasteiger partial charge < -0.3 is 15.5 Å². The summed E-state index contributed by atoms with van der Waals surface area (Å²) in [7, 11) is -4.22. The van der Waals surface area contributed by atoms with Crippen LogP contribution in [0.15, 0.2) is 43.0 Å². The van der Waals surface area contributed by atoms with Gasteiger partial charge in [0.1, 0.15) is 35.6 Å². The third kappa shape index (κ3) is 5.88. The van der Waals surface area contributed by atoms with Crippen LogP contribution in [0.1, 0.15) is 28.0 Å². The first-order chi connectivity index (χ1) is 17.0. The van der Waals surface area contributed by atoms with Crippen molar-refractivity contribution < 1.29 is 36.4 Å².